The fraction of sp³-hybridized carbons (Fsp3) is 0.273. The maximum absolute atomic E-state index is 5.61. The van der Waals surface area contributed by atoms with Crippen LogP contribution in [-0.4, -0.2) is 14.8 Å². The van der Waals surface area contributed by atoms with E-state index in [-0.39, 0.29) is 6.04 Å². The quantitative estimate of drug-likeness (QED) is 0.659. The van der Waals surface area contributed by atoms with E-state index in [9.17, 15) is 0 Å². The van der Waals surface area contributed by atoms with Crippen molar-refractivity contribution in [3.63, 3.8) is 0 Å². The first-order valence-electron chi connectivity index (χ1n) is 5.25. The first kappa shape index (κ1) is 12.2. The van der Waals surface area contributed by atoms with Gasteiger partial charge in [-0.1, -0.05) is 34.1 Å². The fourth-order valence-corrected chi connectivity index (χ4v) is 2.26. The zero-order valence-electron chi connectivity index (χ0n) is 9.47. The largest absolute Gasteiger partial charge is 0.271 e. The standard InChI is InChI=1S/C11H14BrN5/c1-17-11(14-7-15-17)6-10(16-13)8-4-2-3-5-9(8)12/h2-5,7,10,16H,6,13H2,1H3. The number of hydrogen-bond acceptors (Lipinski definition) is 4. The summed E-state index contributed by atoms with van der Waals surface area (Å²) >= 11 is 3.52. The SMILES string of the molecule is Cn1ncnc1CC(NN)c1ccccc1Br. The van der Waals surface area contributed by atoms with Gasteiger partial charge < -0.3 is 0 Å². The Hall–Kier alpha value is -1.24. The van der Waals surface area contributed by atoms with Crippen LogP contribution in [0.1, 0.15) is 17.4 Å². The summed E-state index contributed by atoms with van der Waals surface area (Å²) in [4.78, 5) is 4.20. The van der Waals surface area contributed by atoms with E-state index in [1.54, 1.807) is 11.0 Å². The molecular weight excluding hydrogens is 282 g/mol. The lowest BCUT2D eigenvalue weighted by Gasteiger charge is -2.17. The molecule has 0 aliphatic heterocycles. The van der Waals surface area contributed by atoms with Crippen molar-refractivity contribution in [2.45, 2.75) is 12.5 Å². The van der Waals surface area contributed by atoms with Crippen LogP contribution in [0, 0.1) is 0 Å². The number of halogens is 1. The van der Waals surface area contributed by atoms with Crippen LogP contribution in [0.4, 0.5) is 0 Å². The van der Waals surface area contributed by atoms with Gasteiger partial charge in [0.25, 0.3) is 0 Å². The van der Waals surface area contributed by atoms with Crippen LogP contribution in [0.15, 0.2) is 35.1 Å². The van der Waals surface area contributed by atoms with Gasteiger partial charge >= 0.3 is 0 Å². The second kappa shape index (κ2) is 5.39. The minimum absolute atomic E-state index is 0.00785. The van der Waals surface area contributed by atoms with E-state index in [0.29, 0.717) is 6.42 Å². The maximum atomic E-state index is 5.61. The first-order valence-corrected chi connectivity index (χ1v) is 6.05. The number of hydrogen-bond donors (Lipinski definition) is 2. The number of nitrogens with two attached hydrogens (primary N) is 1. The van der Waals surface area contributed by atoms with Gasteiger partial charge in [0.05, 0.1) is 6.04 Å². The van der Waals surface area contributed by atoms with Crippen LogP contribution in [0.5, 0.6) is 0 Å². The molecule has 0 aliphatic rings. The van der Waals surface area contributed by atoms with Gasteiger partial charge in [-0.05, 0) is 11.6 Å². The highest BCUT2D eigenvalue weighted by atomic mass is 79.9. The van der Waals surface area contributed by atoms with Crippen molar-refractivity contribution < 1.29 is 0 Å². The van der Waals surface area contributed by atoms with Crippen LogP contribution >= 0.6 is 15.9 Å². The molecule has 0 bridgehead atoms. The summed E-state index contributed by atoms with van der Waals surface area (Å²) < 4.78 is 2.78. The molecule has 1 aromatic heterocycles. The maximum Gasteiger partial charge on any atom is 0.138 e. The van der Waals surface area contributed by atoms with E-state index in [4.69, 9.17) is 5.84 Å². The molecular formula is C11H14BrN5. The van der Waals surface area contributed by atoms with Crippen LogP contribution in [0.3, 0.4) is 0 Å². The Kier molecular flexibility index (Phi) is 3.88. The molecule has 0 spiro atoms. The summed E-state index contributed by atoms with van der Waals surface area (Å²) in [7, 11) is 1.87. The highest BCUT2D eigenvalue weighted by Gasteiger charge is 2.15. The van der Waals surface area contributed by atoms with Crippen LogP contribution < -0.4 is 11.3 Å². The van der Waals surface area contributed by atoms with Crippen molar-refractivity contribution >= 4 is 15.9 Å². The van der Waals surface area contributed by atoms with Crippen molar-refractivity contribution in [2.24, 2.45) is 12.9 Å². The normalized spacial score (nSPS) is 12.6. The Bertz CT molecular complexity index is 496. The molecule has 17 heavy (non-hydrogen) atoms. The third-order valence-corrected chi connectivity index (χ3v) is 3.40. The molecule has 1 heterocycles. The summed E-state index contributed by atoms with van der Waals surface area (Å²) in [6.07, 6.45) is 2.23. The minimum atomic E-state index is 0.00785. The minimum Gasteiger partial charge on any atom is -0.271 e. The smallest absolute Gasteiger partial charge is 0.138 e. The Morgan fingerprint density at radius 1 is 1.47 bits per heavy atom. The van der Waals surface area contributed by atoms with Crippen molar-refractivity contribution in [3.05, 3.63) is 46.5 Å². The fourth-order valence-electron chi connectivity index (χ4n) is 1.70. The second-order valence-corrected chi connectivity index (χ2v) is 4.60. The van der Waals surface area contributed by atoms with Gasteiger partial charge in [-0.25, -0.2) is 4.98 Å². The summed E-state index contributed by atoms with van der Waals surface area (Å²) in [6, 6.07) is 8.00. The number of aromatic nitrogens is 3. The first-order chi connectivity index (χ1) is 8.22. The Balaban J connectivity index is 2.23. The monoisotopic (exact) mass is 295 g/mol. The van der Waals surface area contributed by atoms with Gasteiger partial charge in [-0.3, -0.25) is 16.0 Å². The van der Waals surface area contributed by atoms with Crippen molar-refractivity contribution in [1.29, 1.82) is 0 Å². The molecule has 1 aromatic carbocycles. The van der Waals surface area contributed by atoms with Gasteiger partial charge in [0, 0.05) is 17.9 Å². The van der Waals surface area contributed by atoms with E-state index in [2.05, 4.69) is 31.4 Å². The van der Waals surface area contributed by atoms with E-state index in [0.717, 1.165) is 15.9 Å². The highest BCUT2D eigenvalue weighted by molar-refractivity contribution is 9.10. The number of rotatable bonds is 4. The van der Waals surface area contributed by atoms with Crippen LogP contribution in [-0.2, 0) is 13.5 Å². The summed E-state index contributed by atoms with van der Waals surface area (Å²) in [5.74, 6) is 6.50. The van der Waals surface area contributed by atoms with Crippen LogP contribution in [0.25, 0.3) is 0 Å². The van der Waals surface area contributed by atoms with Gasteiger partial charge in [0.15, 0.2) is 0 Å². The molecule has 0 radical (unpaired) electrons. The topological polar surface area (TPSA) is 68.8 Å². The molecule has 1 atom stereocenters. The number of hydrazine groups is 1. The molecule has 0 saturated heterocycles. The van der Waals surface area contributed by atoms with E-state index < -0.39 is 0 Å². The zero-order chi connectivity index (χ0) is 12.3. The number of nitrogens with one attached hydrogen (secondary N) is 1. The molecule has 0 fully saturated rings. The Morgan fingerprint density at radius 2 is 2.24 bits per heavy atom. The van der Waals surface area contributed by atoms with Gasteiger partial charge in [-0.2, -0.15) is 5.10 Å². The van der Waals surface area contributed by atoms with Gasteiger partial charge in [0.2, 0.25) is 0 Å². The zero-order valence-corrected chi connectivity index (χ0v) is 11.1. The molecule has 90 valence electrons. The number of benzene rings is 1. The number of nitrogens with zero attached hydrogens (tertiary/aromatic N) is 3. The molecule has 2 aromatic rings. The average molecular weight is 296 g/mol. The lowest BCUT2D eigenvalue weighted by molar-refractivity contribution is 0.521. The molecule has 5 nitrogen and oxygen atoms in total. The van der Waals surface area contributed by atoms with Gasteiger partial charge in [-0.15, -0.1) is 0 Å². The van der Waals surface area contributed by atoms with Crippen LogP contribution in [0.2, 0.25) is 0 Å². The Morgan fingerprint density at radius 3 is 2.82 bits per heavy atom. The molecule has 1 unspecified atom stereocenters. The molecule has 3 N–H and O–H groups in total. The predicted molar refractivity (Wildman–Crippen MR) is 68.9 cm³/mol. The van der Waals surface area contributed by atoms with E-state index in [1.807, 2.05) is 31.3 Å². The highest BCUT2D eigenvalue weighted by Crippen LogP contribution is 2.24. The van der Waals surface area contributed by atoms with Crippen molar-refractivity contribution in [3.8, 4) is 0 Å². The Labute approximate surface area is 108 Å². The second-order valence-electron chi connectivity index (χ2n) is 3.74. The van der Waals surface area contributed by atoms with E-state index in [1.165, 1.54) is 0 Å². The molecule has 6 heteroatoms. The molecule has 2 rings (SSSR count). The molecule has 0 aliphatic carbocycles. The van der Waals surface area contributed by atoms with E-state index >= 15 is 0 Å². The summed E-state index contributed by atoms with van der Waals surface area (Å²) in [5.41, 5.74) is 3.92. The summed E-state index contributed by atoms with van der Waals surface area (Å²) in [6.45, 7) is 0. The average Bonchev–Trinajstić information content (AvgIpc) is 2.73. The lowest BCUT2D eigenvalue weighted by Crippen LogP contribution is -2.30. The number of aryl methyl sites for hydroxylation is 1. The molecule has 0 amide bonds. The lowest BCUT2D eigenvalue weighted by atomic mass is 10.0. The third kappa shape index (κ3) is 2.71. The van der Waals surface area contributed by atoms with Crippen molar-refractivity contribution in [2.75, 3.05) is 0 Å². The predicted octanol–water partition coefficient (Wildman–Crippen LogP) is 1.32. The van der Waals surface area contributed by atoms with Crippen molar-refractivity contribution in [1.82, 2.24) is 20.2 Å². The molecule has 0 saturated carbocycles. The third-order valence-electron chi connectivity index (χ3n) is 2.67. The van der Waals surface area contributed by atoms with Gasteiger partial charge in [0.1, 0.15) is 12.2 Å². The summed E-state index contributed by atoms with van der Waals surface area (Å²) in [5, 5.41) is 4.05.